The van der Waals surface area contributed by atoms with E-state index in [2.05, 4.69) is 0 Å². The molecular formula is C7H15NO2. The van der Waals surface area contributed by atoms with Crippen molar-refractivity contribution >= 4 is 5.91 Å². The lowest BCUT2D eigenvalue weighted by Crippen LogP contribution is -2.38. The summed E-state index contributed by atoms with van der Waals surface area (Å²) in [5.74, 6) is 0.0799. The van der Waals surface area contributed by atoms with Crippen molar-refractivity contribution in [3.05, 3.63) is 0 Å². The molecule has 0 N–H and O–H groups in total. The molecule has 0 atom stereocenters. The van der Waals surface area contributed by atoms with E-state index in [4.69, 9.17) is 4.74 Å². The van der Waals surface area contributed by atoms with Gasteiger partial charge in [-0.05, 0) is 0 Å². The second kappa shape index (κ2) is 5.23. The van der Waals surface area contributed by atoms with Gasteiger partial charge in [0.1, 0.15) is 6.61 Å². The van der Waals surface area contributed by atoms with E-state index in [0.717, 1.165) is 6.54 Å². The van der Waals surface area contributed by atoms with E-state index in [1.54, 1.807) is 11.9 Å². The van der Waals surface area contributed by atoms with Gasteiger partial charge in [-0.3, -0.25) is 4.79 Å². The first-order valence-corrected chi connectivity index (χ1v) is 3.62. The summed E-state index contributed by atoms with van der Waals surface area (Å²) in [6.07, 6.45) is 0. The number of hydrogen-bond donors (Lipinski definition) is 0. The molecule has 1 amide bonds. The second-order valence-corrected chi connectivity index (χ2v) is 1.87. The Morgan fingerprint density at radius 1 is 1.50 bits per heavy atom. The van der Waals surface area contributed by atoms with Gasteiger partial charge in [-0.2, -0.15) is 0 Å². The predicted octanol–water partition coefficient (Wildman–Crippen LogP) is 0.501. The van der Waals surface area contributed by atoms with Crippen molar-refractivity contribution in [1.82, 2.24) is 4.90 Å². The van der Waals surface area contributed by atoms with Gasteiger partial charge in [-0.1, -0.05) is 13.8 Å². The molecule has 0 unspecified atom stereocenters. The highest BCUT2D eigenvalue weighted by molar-refractivity contribution is 5.77. The molecule has 1 fully saturated rings. The predicted molar refractivity (Wildman–Crippen MR) is 39.8 cm³/mol. The van der Waals surface area contributed by atoms with E-state index < -0.39 is 0 Å². The van der Waals surface area contributed by atoms with Crippen molar-refractivity contribution in [2.75, 3.05) is 26.8 Å². The quantitative estimate of drug-likeness (QED) is 0.497. The van der Waals surface area contributed by atoms with Crippen LogP contribution in [0.25, 0.3) is 0 Å². The van der Waals surface area contributed by atoms with Gasteiger partial charge in [0.05, 0.1) is 6.61 Å². The lowest BCUT2D eigenvalue weighted by Gasteiger charge is -2.21. The summed E-state index contributed by atoms with van der Waals surface area (Å²) >= 11 is 0. The molecule has 1 rings (SSSR count). The molecule has 0 radical (unpaired) electrons. The van der Waals surface area contributed by atoms with E-state index in [1.165, 1.54) is 0 Å². The molecule has 0 aromatic carbocycles. The smallest absolute Gasteiger partial charge is 0.248 e. The Hall–Kier alpha value is -0.570. The van der Waals surface area contributed by atoms with Crippen LogP contribution in [0.15, 0.2) is 0 Å². The third kappa shape index (κ3) is 2.82. The highest BCUT2D eigenvalue weighted by atomic mass is 16.5. The Morgan fingerprint density at radius 2 is 2.10 bits per heavy atom. The summed E-state index contributed by atoms with van der Waals surface area (Å²) in [6.45, 7) is 5.68. The zero-order valence-corrected chi connectivity index (χ0v) is 6.89. The molecule has 0 bridgehead atoms. The van der Waals surface area contributed by atoms with Gasteiger partial charge in [-0.25, -0.2) is 0 Å². The summed E-state index contributed by atoms with van der Waals surface area (Å²) in [7, 11) is 1.78. The number of hydrogen-bond acceptors (Lipinski definition) is 2. The van der Waals surface area contributed by atoms with Crippen LogP contribution in [0.2, 0.25) is 0 Å². The third-order valence-corrected chi connectivity index (χ3v) is 1.22. The number of rotatable bonds is 0. The number of ether oxygens (including phenoxy) is 1. The summed E-state index contributed by atoms with van der Waals surface area (Å²) in [5, 5.41) is 0. The summed E-state index contributed by atoms with van der Waals surface area (Å²) in [4.78, 5) is 12.3. The van der Waals surface area contributed by atoms with Crippen molar-refractivity contribution < 1.29 is 9.53 Å². The number of likely N-dealkylation sites (N-methyl/N-ethyl adjacent to an activating group) is 1. The van der Waals surface area contributed by atoms with Crippen molar-refractivity contribution in [2.24, 2.45) is 0 Å². The minimum atomic E-state index is 0.0799. The normalized spacial score (nSPS) is 17.9. The lowest BCUT2D eigenvalue weighted by molar-refractivity contribution is -0.140. The topological polar surface area (TPSA) is 29.5 Å². The fourth-order valence-electron chi connectivity index (χ4n) is 0.596. The zero-order valence-electron chi connectivity index (χ0n) is 6.89. The molecule has 0 aromatic heterocycles. The fourth-order valence-corrected chi connectivity index (χ4v) is 0.596. The van der Waals surface area contributed by atoms with E-state index in [1.807, 2.05) is 13.8 Å². The molecule has 60 valence electrons. The van der Waals surface area contributed by atoms with Gasteiger partial charge in [0, 0.05) is 13.6 Å². The van der Waals surface area contributed by atoms with Gasteiger partial charge >= 0.3 is 0 Å². The molecule has 0 spiro atoms. The van der Waals surface area contributed by atoms with Crippen LogP contribution in [0.1, 0.15) is 13.8 Å². The number of amides is 1. The zero-order chi connectivity index (χ0) is 7.98. The van der Waals surface area contributed by atoms with Crippen LogP contribution in [-0.4, -0.2) is 37.6 Å². The average molecular weight is 145 g/mol. The fraction of sp³-hybridized carbons (Fsp3) is 0.857. The number of nitrogens with zero attached hydrogens (tertiary/aromatic N) is 1. The number of carbonyl (C=O) groups excluding carboxylic acids is 1. The Bertz CT molecular complexity index is 104. The maximum absolute atomic E-state index is 10.6. The van der Waals surface area contributed by atoms with Gasteiger partial charge < -0.3 is 9.64 Å². The second-order valence-electron chi connectivity index (χ2n) is 1.87. The highest BCUT2D eigenvalue weighted by Crippen LogP contribution is 1.92. The van der Waals surface area contributed by atoms with E-state index in [9.17, 15) is 4.79 Å². The SMILES string of the molecule is CC.CN1CCOCC1=O. The first-order chi connectivity index (χ1) is 4.80. The molecular weight excluding hydrogens is 130 g/mol. The third-order valence-electron chi connectivity index (χ3n) is 1.22. The van der Waals surface area contributed by atoms with Crippen LogP contribution in [0.3, 0.4) is 0 Å². The van der Waals surface area contributed by atoms with Crippen molar-refractivity contribution in [2.45, 2.75) is 13.8 Å². The van der Waals surface area contributed by atoms with Crippen LogP contribution in [0.4, 0.5) is 0 Å². The molecule has 1 heterocycles. The standard InChI is InChI=1S/C5H9NO2.C2H6/c1-6-2-3-8-4-5(6)7;1-2/h2-4H2,1H3;1-2H3. The Labute approximate surface area is 62.0 Å². The maximum Gasteiger partial charge on any atom is 0.248 e. The highest BCUT2D eigenvalue weighted by Gasteiger charge is 2.12. The van der Waals surface area contributed by atoms with Crippen molar-refractivity contribution in [3.63, 3.8) is 0 Å². The summed E-state index contributed by atoms with van der Waals surface area (Å²) in [6, 6.07) is 0. The minimum absolute atomic E-state index is 0.0799. The molecule has 10 heavy (non-hydrogen) atoms. The summed E-state index contributed by atoms with van der Waals surface area (Å²) < 4.78 is 4.86. The van der Waals surface area contributed by atoms with E-state index in [0.29, 0.717) is 6.61 Å². The lowest BCUT2D eigenvalue weighted by atomic mass is 10.4. The molecule has 1 aliphatic rings. The molecule has 1 saturated heterocycles. The first-order valence-electron chi connectivity index (χ1n) is 3.62. The van der Waals surface area contributed by atoms with E-state index in [-0.39, 0.29) is 12.5 Å². The Balaban J connectivity index is 0.000000371. The van der Waals surface area contributed by atoms with Crippen LogP contribution in [0, 0.1) is 0 Å². The molecule has 3 nitrogen and oxygen atoms in total. The summed E-state index contributed by atoms with van der Waals surface area (Å²) in [5.41, 5.74) is 0. The molecule has 0 saturated carbocycles. The van der Waals surface area contributed by atoms with Crippen LogP contribution < -0.4 is 0 Å². The van der Waals surface area contributed by atoms with Gasteiger partial charge in [0.2, 0.25) is 5.91 Å². The van der Waals surface area contributed by atoms with Gasteiger partial charge in [-0.15, -0.1) is 0 Å². The van der Waals surface area contributed by atoms with Crippen molar-refractivity contribution in [3.8, 4) is 0 Å². The molecule has 0 aromatic rings. The Morgan fingerprint density at radius 3 is 2.40 bits per heavy atom. The number of morpholine rings is 1. The Kier molecular flexibility index (Phi) is 4.94. The molecule has 1 aliphatic heterocycles. The average Bonchev–Trinajstić information content (AvgIpc) is 2.00. The monoisotopic (exact) mass is 145 g/mol. The minimum Gasteiger partial charge on any atom is -0.370 e. The van der Waals surface area contributed by atoms with Crippen molar-refractivity contribution in [1.29, 1.82) is 0 Å². The van der Waals surface area contributed by atoms with Crippen LogP contribution >= 0.6 is 0 Å². The first kappa shape index (κ1) is 9.43. The van der Waals surface area contributed by atoms with E-state index >= 15 is 0 Å². The van der Waals surface area contributed by atoms with Crippen LogP contribution in [0.5, 0.6) is 0 Å². The molecule has 0 aliphatic carbocycles. The maximum atomic E-state index is 10.6. The largest absolute Gasteiger partial charge is 0.370 e. The van der Waals surface area contributed by atoms with Gasteiger partial charge in [0.25, 0.3) is 0 Å². The van der Waals surface area contributed by atoms with Gasteiger partial charge in [0.15, 0.2) is 0 Å². The number of carbonyl (C=O) groups is 1. The van der Waals surface area contributed by atoms with Crippen LogP contribution in [-0.2, 0) is 9.53 Å². The molecule has 3 heteroatoms.